The third kappa shape index (κ3) is 5.26. The molecule has 0 aromatic heterocycles. The third-order valence-corrected chi connectivity index (χ3v) is 3.22. The number of benzene rings is 2. The first-order valence-electron chi connectivity index (χ1n) is 7.20. The Morgan fingerprint density at radius 1 is 1.08 bits per heavy atom. The molecule has 1 atom stereocenters. The molecule has 0 amide bonds. The van der Waals surface area contributed by atoms with E-state index in [0.29, 0.717) is 5.75 Å². The molecule has 0 heterocycles. The second kappa shape index (κ2) is 7.94. The van der Waals surface area contributed by atoms with Gasteiger partial charge in [-0.3, -0.25) is 4.79 Å². The van der Waals surface area contributed by atoms with Crippen molar-refractivity contribution >= 4 is 18.0 Å². The van der Waals surface area contributed by atoms with Crippen molar-refractivity contribution in [3.63, 3.8) is 0 Å². The van der Waals surface area contributed by atoms with E-state index in [9.17, 15) is 14.7 Å². The molecular formula is C18H17NO5. The zero-order chi connectivity index (χ0) is 17.5. The Bertz CT molecular complexity index is 735. The molecule has 0 aliphatic heterocycles. The molecule has 6 heteroatoms. The van der Waals surface area contributed by atoms with Crippen molar-refractivity contribution in [2.24, 2.45) is 5.73 Å². The summed E-state index contributed by atoms with van der Waals surface area (Å²) in [6.45, 7) is 0. The SMILES string of the molecule is N[C@@H](Cc1ccc(OC(=O)C=Cc2ccc(O)cc2)cc1)C(=O)O. The summed E-state index contributed by atoms with van der Waals surface area (Å²) in [7, 11) is 0. The van der Waals surface area contributed by atoms with E-state index < -0.39 is 18.0 Å². The third-order valence-electron chi connectivity index (χ3n) is 3.22. The normalized spacial score (nSPS) is 12.0. The van der Waals surface area contributed by atoms with Gasteiger partial charge in [0, 0.05) is 6.08 Å². The second-order valence-electron chi connectivity index (χ2n) is 5.14. The fraction of sp³-hybridized carbons (Fsp3) is 0.111. The number of carboxylic acid groups (broad SMARTS) is 1. The summed E-state index contributed by atoms with van der Waals surface area (Å²) in [5, 5.41) is 17.9. The number of ether oxygens (including phenoxy) is 1. The minimum absolute atomic E-state index is 0.150. The maximum absolute atomic E-state index is 11.7. The summed E-state index contributed by atoms with van der Waals surface area (Å²) < 4.78 is 5.14. The van der Waals surface area contributed by atoms with Crippen LogP contribution in [0.3, 0.4) is 0 Å². The lowest BCUT2D eigenvalue weighted by Gasteiger charge is -2.07. The highest BCUT2D eigenvalue weighted by atomic mass is 16.5. The van der Waals surface area contributed by atoms with Crippen LogP contribution in [0.4, 0.5) is 0 Å². The van der Waals surface area contributed by atoms with Crippen LogP contribution in [0.5, 0.6) is 11.5 Å². The van der Waals surface area contributed by atoms with Crippen LogP contribution in [-0.2, 0) is 16.0 Å². The lowest BCUT2D eigenvalue weighted by Crippen LogP contribution is -2.32. The molecule has 0 unspecified atom stereocenters. The van der Waals surface area contributed by atoms with Crippen LogP contribution < -0.4 is 10.5 Å². The van der Waals surface area contributed by atoms with Crippen LogP contribution in [0.25, 0.3) is 6.08 Å². The lowest BCUT2D eigenvalue weighted by molar-refractivity contribution is -0.138. The molecule has 0 radical (unpaired) electrons. The number of carbonyl (C=O) groups is 2. The number of nitrogens with two attached hydrogens (primary N) is 1. The molecule has 0 aliphatic carbocycles. The van der Waals surface area contributed by atoms with Crippen LogP contribution in [-0.4, -0.2) is 28.2 Å². The number of hydrogen-bond donors (Lipinski definition) is 3. The molecule has 2 aromatic rings. The highest BCUT2D eigenvalue weighted by molar-refractivity contribution is 5.88. The van der Waals surface area contributed by atoms with E-state index in [0.717, 1.165) is 11.1 Å². The maximum atomic E-state index is 11.7. The largest absolute Gasteiger partial charge is 0.508 e. The monoisotopic (exact) mass is 327 g/mol. The Morgan fingerprint density at radius 3 is 2.29 bits per heavy atom. The fourth-order valence-corrected chi connectivity index (χ4v) is 1.93. The average molecular weight is 327 g/mol. The van der Waals surface area contributed by atoms with Gasteiger partial charge in [-0.25, -0.2) is 4.79 Å². The summed E-state index contributed by atoms with van der Waals surface area (Å²) in [6.07, 6.45) is 3.05. The Hall–Kier alpha value is -3.12. The highest BCUT2D eigenvalue weighted by Gasteiger charge is 2.12. The Labute approximate surface area is 138 Å². The minimum atomic E-state index is -1.06. The number of carboxylic acids is 1. The number of phenols is 1. The average Bonchev–Trinajstić information content (AvgIpc) is 2.56. The second-order valence-corrected chi connectivity index (χ2v) is 5.14. The topological polar surface area (TPSA) is 110 Å². The van der Waals surface area contributed by atoms with E-state index in [-0.39, 0.29) is 12.2 Å². The number of aliphatic carboxylic acids is 1. The van der Waals surface area contributed by atoms with Crippen molar-refractivity contribution in [3.05, 3.63) is 65.7 Å². The van der Waals surface area contributed by atoms with Gasteiger partial charge in [0.05, 0.1) is 0 Å². The molecular weight excluding hydrogens is 310 g/mol. The minimum Gasteiger partial charge on any atom is -0.508 e. The number of phenolic OH excluding ortho intramolecular Hbond substituents is 1. The van der Waals surface area contributed by atoms with Crippen molar-refractivity contribution in [2.45, 2.75) is 12.5 Å². The van der Waals surface area contributed by atoms with Crippen molar-refractivity contribution in [1.29, 1.82) is 0 Å². The molecule has 0 saturated heterocycles. The van der Waals surface area contributed by atoms with E-state index in [4.69, 9.17) is 15.6 Å². The van der Waals surface area contributed by atoms with Gasteiger partial charge >= 0.3 is 11.9 Å². The molecule has 24 heavy (non-hydrogen) atoms. The van der Waals surface area contributed by atoms with Crippen molar-refractivity contribution in [1.82, 2.24) is 0 Å². The highest BCUT2D eigenvalue weighted by Crippen LogP contribution is 2.14. The van der Waals surface area contributed by atoms with Gasteiger partial charge in [-0.05, 0) is 47.9 Å². The van der Waals surface area contributed by atoms with Gasteiger partial charge in [0.25, 0.3) is 0 Å². The van der Waals surface area contributed by atoms with Crippen LogP contribution in [0.1, 0.15) is 11.1 Å². The number of rotatable bonds is 6. The van der Waals surface area contributed by atoms with Crippen molar-refractivity contribution in [3.8, 4) is 11.5 Å². The van der Waals surface area contributed by atoms with E-state index in [1.165, 1.54) is 18.2 Å². The zero-order valence-corrected chi connectivity index (χ0v) is 12.8. The molecule has 124 valence electrons. The summed E-state index contributed by atoms with van der Waals surface area (Å²) in [4.78, 5) is 22.5. The van der Waals surface area contributed by atoms with E-state index >= 15 is 0 Å². The van der Waals surface area contributed by atoms with Gasteiger partial charge in [0.2, 0.25) is 0 Å². The lowest BCUT2D eigenvalue weighted by atomic mass is 10.1. The maximum Gasteiger partial charge on any atom is 0.336 e. The van der Waals surface area contributed by atoms with Crippen molar-refractivity contribution in [2.75, 3.05) is 0 Å². The molecule has 0 aliphatic rings. The molecule has 0 fully saturated rings. The van der Waals surface area contributed by atoms with E-state index in [1.54, 1.807) is 42.5 Å². The summed E-state index contributed by atoms with van der Waals surface area (Å²) in [5.41, 5.74) is 6.95. The summed E-state index contributed by atoms with van der Waals surface area (Å²) >= 11 is 0. The van der Waals surface area contributed by atoms with E-state index in [1.807, 2.05) is 0 Å². The molecule has 0 spiro atoms. The smallest absolute Gasteiger partial charge is 0.336 e. The number of esters is 1. The number of hydrogen-bond acceptors (Lipinski definition) is 5. The first-order valence-corrected chi connectivity index (χ1v) is 7.20. The zero-order valence-electron chi connectivity index (χ0n) is 12.8. The van der Waals surface area contributed by atoms with Gasteiger partial charge in [0.1, 0.15) is 17.5 Å². The van der Waals surface area contributed by atoms with Gasteiger partial charge in [-0.15, -0.1) is 0 Å². The van der Waals surface area contributed by atoms with Gasteiger partial charge < -0.3 is 20.7 Å². The van der Waals surface area contributed by atoms with Crippen LogP contribution in [0, 0.1) is 0 Å². The molecule has 2 rings (SSSR count). The predicted molar refractivity (Wildman–Crippen MR) is 88.5 cm³/mol. The predicted octanol–water partition coefficient (Wildman–Crippen LogP) is 1.97. The van der Waals surface area contributed by atoms with Gasteiger partial charge in [-0.1, -0.05) is 24.3 Å². The molecule has 0 saturated carbocycles. The van der Waals surface area contributed by atoms with Crippen molar-refractivity contribution < 1.29 is 24.5 Å². The van der Waals surface area contributed by atoms with Gasteiger partial charge in [-0.2, -0.15) is 0 Å². The van der Waals surface area contributed by atoms with Gasteiger partial charge in [0.15, 0.2) is 0 Å². The fourth-order valence-electron chi connectivity index (χ4n) is 1.93. The quantitative estimate of drug-likeness (QED) is 0.425. The standard InChI is InChI=1S/C18H17NO5/c19-16(18(22)23)11-13-3-8-15(9-4-13)24-17(21)10-5-12-1-6-14(20)7-2-12/h1-10,16,20H,11,19H2,(H,22,23)/t16-/m0/s1. The molecule has 0 bridgehead atoms. The van der Waals surface area contributed by atoms with E-state index in [2.05, 4.69) is 0 Å². The van der Waals surface area contributed by atoms with Crippen LogP contribution in [0.2, 0.25) is 0 Å². The van der Waals surface area contributed by atoms with Crippen LogP contribution in [0.15, 0.2) is 54.6 Å². The summed E-state index contributed by atoms with van der Waals surface area (Å²) in [6, 6.07) is 11.9. The Kier molecular flexibility index (Phi) is 5.70. The Morgan fingerprint density at radius 2 is 1.71 bits per heavy atom. The number of carbonyl (C=O) groups excluding carboxylic acids is 1. The number of aromatic hydroxyl groups is 1. The molecule has 4 N–H and O–H groups in total. The first-order chi connectivity index (χ1) is 11.4. The molecule has 2 aromatic carbocycles. The summed E-state index contributed by atoms with van der Waals surface area (Å²) in [5.74, 6) is -1.11. The first kappa shape index (κ1) is 17.2. The van der Waals surface area contributed by atoms with Crippen LogP contribution >= 0.6 is 0 Å². The molecule has 6 nitrogen and oxygen atoms in total. The Balaban J connectivity index is 1.92.